The first-order valence-electron chi connectivity index (χ1n) is 4.02. The summed E-state index contributed by atoms with van der Waals surface area (Å²) in [6.07, 6.45) is 0. The lowest BCUT2D eigenvalue weighted by Gasteiger charge is -2.11. The van der Waals surface area contributed by atoms with Crippen LogP contribution in [0.4, 0.5) is 5.69 Å². The number of rotatable bonds is 2. The molecule has 0 saturated carbocycles. The highest BCUT2D eigenvalue weighted by molar-refractivity contribution is 6.16. The second-order valence-electron chi connectivity index (χ2n) is 2.99. The van der Waals surface area contributed by atoms with E-state index < -0.39 is 0 Å². The Bertz CT molecular complexity index is 233. The second kappa shape index (κ2) is 3.58. The maximum atomic E-state index is 3.32. The third kappa shape index (κ3) is 1.83. The molecule has 0 aliphatic carbocycles. The molecule has 1 nitrogen and oxygen atoms in total. The van der Waals surface area contributed by atoms with Gasteiger partial charge in [-0.15, -0.1) is 0 Å². The molecule has 1 aromatic rings. The monoisotopic (exact) mass is 165 g/mol. The highest BCUT2D eigenvalue weighted by atomic mass is 28.2. The van der Waals surface area contributed by atoms with Crippen molar-refractivity contribution in [1.82, 2.24) is 0 Å². The molecule has 0 amide bonds. The van der Waals surface area contributed by atoms with Crippen LogP contribution in [0.25, 0.3) is 0 Å². The Morgan fingerprint density at radius 3 is 2.36 bits per heavy atom. The Morgan fingerprint density at radius 2 is 1.91 bits per heavy atom. The minimum absolute atomic E-state index is 0.618. The van der Waals surface area contributed by atoms with Gasteiger partial charge in [0.1, 0.15) is 10.4 Å². The summed E-state index contributed by atoms with van der Waals surface area (Å²) < 4.78 is 0. The molecule has 0 unspecified atom stereocenters. The molecule has 0 fully saturated rings. The Kier molecular flexibility index (Phi) is 2.71. The molecule has 0 heterocycles. The molecule has 0 radical (unpaired) electrons. The van der Waals surface area contributed by atoms with Crippen molar-refractivity contribution in [3.05, 3.63) is 29.8 Å². The number of hydrogen-bond acceptors (Lipinski definition) is 1. The molecule has 11 heavy (non-hydrogen) atoms. The van der Waals surface area contributed by atoms with Gasteiger partial charge in [-0.25, -0.2) is 0 Å². The lowest BCUT2D eigenvalue weighted by Crippen LogP contribution is -1.97. The summed E-state index contributed by atoms with van der Waals surface area (Å²) in [7, 11) is 1.02. The fourth-order valence-electron chi connectivity index (χ4n) is 1.23. The van der Waals surface area contributed by atoms with Crippen LogP contribution in [0.5, 0.6) is 0 Å². The van der Waals surface area contributed by atoms with E-state index in [2.05, 4.69) is 43.1 Å². The molecular weight excluding hydrogens is 150 g/mol. The molecule has 0 aromatic heterocycles. The van der Waals surface area contributed by atoms with E-state index in [9.17, 15) is 0 Å². The number of para-hydroxylation sites is 1. The van der Waals surface area contributed by atoms with Crippen LogP contribution < -0.4 is 4.98 Å². The summed E-state index contributed by atoms with van der Waals surface area (Å²) in [4.78, 5) is 3.32. The fourth-order valence-corrected chi connectivity index (χ4v) is 1.68. The molecule has 60 valence electrons. The summed E-state index contributed by atoms with van der Waals surface area (Å²) in [5.74, 6) is 0.618. The summed E-state index contributed by atoms with van der Waals surface area (Å²) >= 11 is 0. The van der Waals surface area contributed by atoms with Crippen LogP contribution in [-0.2, 0) is 0 Å². The first kappa shape index (κ1) is 8.33. The maximum Gasteiger partial charge on any atom is 0.104 e. The van der Waals surface area contributed by atoms with Gasteiger partial charge in [-0.3, -0.25) is 0 Å². The first-order valence-corrected chi connectivity index (χ1v) is 5.02. The SMILES string of the molecule is CC(C)c1ccccc1N[SiH3]. The van der Waals surface area contributed by atoms with Crippen molar-refractivity contribution in [1.29, 1.82) is 0 Å². The van der Waals surface area contributed by atoms with E-state index in [1.807, 2.05) is 0 Å². The van der Waals surface area contributed by atoms with E-state index >= 15 is 0 Å². The van der Waals surface area contributed by atoms with E-state index in [0.717, 1.165) is 10.4 Å². The summed E-state index contributed by atoms with van der Waals surface area (Å²) in [5.41, 5.74) is 2.72. The van der Waals surface area contributed by atoms with Crippen LogP contribution in [-0.4, -0.2) is 10.4 Å². The minimum Gasteiger partial charge on any atom is -0.419 e. The lowest BCUT2D eigenvalue weighted by atomic mass is 10.0. The van der Waals surface area contributed by atoms with Gasteiger partial charge in [-0.1, -0.05) is 32.0 Å². The molecule has 1 rings (SSSR count). The van der Waals surface area contributed by atoms with E-state index in [1.54, 1.807) is 0 Å². The zero-order valence-corrected chi connectivity index (χ0v) is 9.39. The van der Waals surface area contributed by atoms with Gasteiger partial charge in [0.05, 0.1) is 0 Å². The van der Waals surface area contributed by atoms with Crippen molar-refractivity contribution in [2.75, 3.05) is 4.98 Å². The van der Waals surface area contributed by atoms with E-state index in [-0.39, 0.29) is 0 Å². The van der Waals surface area contributed by atoms with Crippen molar-refractivity contribution in [2.24, 2.45) is 0 Å². The number of hydrogen-bond donors (Lipinski definition) is 1. The van der Waals surface area contributed by atoms with Crippen LogP contribution in [0.1, 0.15) is 25.3 Å². The normalized spacial score (nSPS) is 10.5. The maximum absolute atomic E-state index is 3.32. The van der Waals surface area contributed by atoms with Crippen LogP contribution in [0.15, 0.2) is 24.3 Å². The van der Waals surface area contributed by atoms with Gasteiger partial charge in [0, 0.05) is 5.69 Å². The van der Waals surface area contributed by atoms with Crippen LogP contribution in [0, 0.1) is 0 Å². The average molecular weight is 165 g/mol. The molecule has 0 spiro atoms. The second-order valence-corrected chi connectivity index (χ2v) is 3.49. The predicted octanol–water partition coefficient (Wildman–Crippen LogP) is 1.50. The Labute approximate surface area is 71.3 Å². The molecule has 0 aliphatic rings. The van der Waals surface area contributed by atoms with Gasteiger partial charge in [0.2, 0.25) is 0 Å². The van der Waals surface area contributed by atoms with E-state index in [0.29, 0.717) is 5.92 Å². The van der Waals surface area contributed by atoms with Crippen LogP contribution in [0.3, 0.4) is 0 Å². The smallest absolute Gasteiger partial charge is 0.104 e. The van der Waals surface area contributed by atoms with Gasteiger partial charge in [-0.2, -0.15) is 0 Å². The van der Waals surface area contributed by atoms with Crippen molar-refractivity contribution >= 4 is 16.1 Å². The summed E-state index contributed by atoms with van der Waals surface area (Å²) in [6, 6.07) is 8.50. The van der Waals surface area contributed by atoms with Crippen LogP contribution >= 0.6 is 0 Å². The van der Waals surface area contributed by atoms with Crippen molar-refractivity contribution in [2.45, 2.75) is 19.8 Å². The topological polar surface area (TPSA) is 12.0 Å². The highest BCUT2D eigenvalue weighted by Crippen LogP contribution is 2.22. The Morgan fingerprint density at radius 1 is 1.27 bits per heavy atom. The van der Waals surface area contributed by atoms with Gasteiger partial charge in [0.15, 0.2) is 0 Å². The van der Waals surface area contributed by atoms with Crippen molar-refractivity contribution in [3.8, 4) is 0 Å². The standard InChI is InChI=1S/C9H15NSi/c1-7(2)8-5-3-4-6-9(8)10-11/h3-7,10H,1-2,11H3. The zero-order chi connectivity index (χ0) is 8.27. The molecule has 0 saturated heterocycles. The van der Waals surface area contributed by atoms with Crippen molar-refractivity contribution in [3.63, 3.8) is 0 Å². The third-order valence-corrected chi connectivity index (χ3v) is 2.39. The van der Waals surface area contributed by atoms with E-state index in [1.165, 1.54) is 11.3 Å². The van der Waals surface area contributed by atoms with Gasteiger partial charge in [-0.05, 0) is 17.5 Å². The molecule has 0 atom stereocenters. The number of nitrogens with one attached hydrogen (secondary N) is 1. The molecule has 0 aliphatic heterocycles. The third-order valence-electron chi connectivity index (χ3n) is 1.85. The van der Waals surface area contributed by atoms with Gasteiger partial charge >= 0.3 is 0 Å². The predicted molar refractivity (Wildman–Crippen MR) is 54.1 cm³/mol. The highest BCUT2D eigenvalue weighted by Gasteiger charge is 2.01. The number of anilines is 1. The zero-order valence-electron chi connectivity index (χ0n) is 7.39. The Balaban J connectivity index is 3.02. The van der Waals surface area contributed by atoms with Gasteiger partial charge < -0.3 is 4.98 Å². The first-order chi connectivity index (χ1) is 5.25. The van der Waals surface area contributed by atoms with E-state index in [4.69, 9.17) is 0 Å². The quantitative estimate of drug-likeness (QED) is 0.655. The number of benzene rings is 1. The summed E-state index contributed by atoms with van der Waals surface area (Å²) in [6.45, 7) is 4.44. The molecule has 2 heteroatoms. The average Bonchev–Trinajstić information content (AvgIpc) is 2.04. The fraction of sp³-hybridized carbons (Fsp3) is 0.333. The molecule has 1 aromatic carbocycles. The summed E-state index contributed by atoms with van der Waals surface area (Å²) in [5, 5.41) is 0. The molecule has 1 N–H and O–H groups in total. The minimum atomic E-state index is 0.618. The lowest BCUT2D eigenvalue weighted by molar-refractivity contribution is 0.870. The molecular formula is C9H15NSi. The van der Waals surface area contributed by atoms with Gasteiger partial charge in [0.25, 0.3) is 0 Å². The Hall–Kier alpha value is -0.763. The molecule has 0 bridgehead atoms. The largest absolute Gasteiger partial charge is 0.419 e. The van der Waals surface area contributed by atoms with Crippen molar-refractivity contribution < 1.29 is 0 Å². The van der Waals surface area contributed by atoms with Crippen LogP contribution in [0.2, 0.25) is 0 Å².